The van der Waals surface area contributed by atoms with E-state index in [-0.39, 0.29) is 6.61 Å². The zero-order valence-corrected chi connectivity index (χ0v) is 10.6. The van der Waals surface area contributed by atoms with Crippen molar-refractivity contribution in [3.05, 3.63) is 35.4 Å². The number of rotatable bonds is 6. The molecule has 100 valence electrons. The van der Waals surface area contributed by atoms with Gasteiger partial charge >= 0.3 is 5.97 Å². The molecule has 1 rings (SSSR count). The summed E-state index contributed by atoms with van der Waals surface area (Å²) in [5, 5.41) is 22.5. The van der Waals surface area contributed by atoms with Crippen molar-refractivity contribution < 1.29 is 19.7 Å². The minimum absolute atomic E-state index is 0.169. The van der Waals surface area contributed by atoms with Crippen molar-refractivity contribution in [2.45, 2.75) is 25.7 Å². The summed E-state index contributed by atoms with van der Waals surface area (Å²) in [4.78, 5) is 11.3. The van der Waals surface area contributed by atoms with Gasteiger partial charge in [0.25, 0.3) is 0 Å². The predicted octanol–water partition coefficient (Wildman–Crippen LogP) is 0.363. The minimum atomic E-state index is -1.56. The molecule has 0 saturated heterocycles. The van der Waals surface area contributed by atoms with E-state index in [0.29, 0.717) is 12.1 Å². The van der Waals surface area contributed by atoms with E-state index in [9.17, 15) is 15.0 Å². The van der Waals surface area contributed by atoms with Gasteiger partial charge in [0, 0.05) is 6.54 Å². The summed E-state index contributed by atoms with van der Waals surface area (Å²) in [7, 11) is 1.82. The lowest BCUT2D eigenvalue weighted by atomic mass is 10.0. The van der Waals surface area contributed by atoms with E-state index in [1.165, 1.54) is 0 Å². The molecule has 0 aliphatic carbocycles. The van der Waals surface area contributed by atoms with Gasteiger partial charge in [0.05, 0.1) is 6.61 Å². The van der Waals surface area contributed by atoms with Crippen LogP contribution < -0.4 is 5.32 Å². The van der Waals surface area contributed by atoms with Gasteiger partial charge in [-0.3, -0.25) is 0 Å². The molecule has 5 nitrogen and oxygen atoms in total. The monoisotopic (exact) mass is 253 g/mol. The number of aliphatic hydroxyl groups is 2. The van der Waals surface area contributed by atoms with Crippen LogP contribution in [-0.4, -0.2) is 35.9 Å². The Labute approximate surface area is 106 Å². The number of benzene rings is 1. The van der Waals surface area contributed by atoms with Gasteiger partial charge in [0.2, 0.25) is 0 Å². The van der Waals surface area contributed by atoms with Crippen molar-refractivity contribution in [3.8, 4) is 0 Å². The van der Waals surface area contributed by atoms with E-state index in [1.54, 1.807) is 25.1 Å². The van der Waals surface area contributed by atoms with Gasteiger partial charge in [-0.05, 0) is 25.1 Å². The van der Waals surface area contributed by atoms with Crippen LogP contribution in [0.25, 0.3) is 0 Å². The lowest BCUT2D eigenvalue weighted by Gasteiger charge is -2.17. The Bertz CT molecular complexity index is 394. The first-order chi connectivity index (χ1) is 8.60. The molecule has 0 spiro atoms. The molecule has 18 heavy (non-hydrogen) atoms. The van der Waals surface area contributed by atoms with Crippen molar-refractivity contribution in [2.24, 2.45) is 0 Å². The molecule has 0 heterocycles. The highest BCUT2D eigenvalue weighted by atomic mass is 16.5. The Hall–Kier alpha value is -1.43. The second kappa shape index (κ2) is 7.10. The summed E-state index contributed by atoms with van der Waals surface area (Å²) >= 11 is 0. The molecular weight excluding hydrogens is 234 g/mol. The summed E-state index contributed by atoms with van der Waals surface area (Å²) in [5.41, 5.74) is 1.45. The van der Waals surface area contributed by atoms with Crippen LogP contribution in [0.2, 0.25) is 0 Å². The average molecular weight is 253 g/mol. The number of ether oxygens (including phenoxy) is 1. The number of hydrogen-bond acceptors (Lipinski definition) is 5. The van der Waals surface area contributed by atoms with E-state index in [4.69, 9.17) is 0 Å². The predicted molar refractivity (Wildman–Crippen MR) is 66.8 cm³/mol. The summed E-state index contributed by atoms with van der Waals surface area (Å²) < 4.78 is 4.66. The highest BCUT2D eigenvalue weighted by Gasteiger charge is 2.26. The Balaban J connectivity index is 2.79. The van der Waals surface area contributed by atoms with Gasteiger partial charge in [0.1, 0.15) is 6.10 Å². The molecule has 2 atom stereocenters. The van der Waals surface area contributed by atoms with Gasteiger partial charge in [-0.1, -0.05) is 24.3 Å². The molecule has 1 aromatic rings. The fraction of sp³-hybridized carbons (Fsp3) is 0.462. The molecule has 0 saturated carbocycles. The molecule has 0 aromatic heterocycles. The lowest BCUT2D eigenvalue weighted by molar-refractivity contribution is -0.159. The largest absolute Gasteiger partial charge is 0.464 e. The summed E-state index contributed by atoms with van der Waals surface area (Å²) in [5.74, 6) is -0.816. The molecule has 0 aliphatic heterocycles. The molecule has 0 radical (unpaired) electrons. The van der Waals surface area contributed by atoms with Crippen molar-refractivity contribution in [2.75, 3.05) is 13.7 Å². The maximum atomic E-state index is 11.3. The van der Waals surface area contributed by atoms with E-state index in [1.807, 2.05) is 13.1 Å². The third-order valence-electron chi connectivity index (χ3n) is 2.50. The lowest BCUT2D eigenvalue weighted by Crippen LogP contribution is -2.30. The van der Waals surface area contributed by atoms with Crippen LogP contribution in [0, 0.1) is 0 Å². The summed E-state index contributed by atoms with van der Waals surface area (Å²) in [6.07, 6.45) is -2.84. The average Bonchev–Trinajstić information content (AvgIpc) is 2.38. The Morgan fingerprint density at radius 3 is 2.78 bits per heavy atom. The molecule has 2 unspecified atom stereocenters. The fourth-order valence-electron chi connectivity index (χ4n) is 1.63. The number of hydrogen-bond donors (Lipinski definition) is 3. The van der Waals surface area contributed by atoms with Crippen LogP contribution in [0.4, 0.5) is 0 Å². The van der Waals surface area contributed by atoms with E-state index >= 15 is 0 Å². The van der Waals surface area contributed by atoms with Gasteiger partial charge < -0.3 is 20.3 Å². The van der Waals surface area contributed by atoms with Gasteiger partial charge in [-0.15, -0.1) is 0 Å². The SMILES string of the molecule is CCOC(=O)C(O)C(O)c1cccc(CNC)c1. The molecule has 1 aromatic carbocycles. The highest BCUT2D eigenvalue weighted by molar-refractivity contribution is 5.75. The molecular formula is C13H19NO4. The number of aliphatic hydroxyl groups excluding tert-OH is 2. The van der Waals surface area contributed by atoms with Gasteiger partial charge in [-0.2, -0.15) is 0 Å². The molecule has 0 aliphatic rings. The molecule has 0 fully saturated rings. The number of esters is 1. The van der Waals surface area contributed by atoms with Crippen LogP contribution in [-0.2, 0) is 16.1 Å². The zero-order valence-electron chi connectivity index (χ0n) is 10.6. The van der Waals surface area contributed by atoms with E-state index < -0.39 is 18.2 Å². The molecule has 0 bridgehead atoms. The van der Waals surface area contributed by atoms with Gasteiger partial charge in [-0.25, -0.2) is 4.79 Å². The van der Waals surface area contributed by atoms with E-state index in [0.717, 1.165) is 5.56 Å². The smallest absolute Gasteiger partial charge is 0.338 e. The maximum Gasteiger partial charge on any atom is 0.338 e. The first-order valence-corrected chi connectivity index (χ1v) is 5.86. The second-order valence-corrected chi connectivity index (χ2v) is 3.92. The fourth-order valence-corrected chi connectivity index (χ4v) is 1.63. The highest BCUT2D eigenvalue weighted by Crippen LogP contribution is 2.19. The van der Waals surface area contributed by atoms with Crippen molar-refractivity contribution >= 4 is 5.97 Å². The van der Waals surface area contributed by atoms with Crippen LogP contribution in [0.15, 0.2) is 24.3 Å². The van der Waals surface area contributed by atoms with Crippen LogP contribution in [0.3, 0.4) is 0 Å². The van der Waals surface area contributed by atoms with Crippen molar-refractivity contribution in [1.29, 1.82) is 0 Å². The first kappa shape index (κ1) is 14.6. The molecule has 3 N–H and O–H groups in total. The standard InChI is InChI=1S/C13H19NO4/c1-3-18-13(17)12(16)11(15)10-6-4-5-9(7-10)8-14-2/h4-7,11-12,14-16H,3,8H2,1-2H3. The van der Waals surface area contributed by atoms with Crippen LogP contribution in [0.1, 0.15) is 24.2 Å². The second-order valence-electron chi connectivity index (χ2n) is 3.92. The summed E-state index contributed by atoms with van der Waals surface area (Å²) in [6, 6.07) is 7.06. The zero-order chi connectivity index (χ0) is 13.5. The van der Waals surface area contributed by atoms with Crippen molar-refractivity contribution in [3.63, 3.8) is 0 Å². The maximum absolute atomic E-state index is 11.3. The quantitative estimate of drug-likeness (QED) is 0.638. The number of nitrogens with one attached hydrogen (secondary N) is 1. The Morgan fingerprint density at radius 2 is 2.17 bits per heavy atom. The van der Waals surface area contributed by atoms with Crippen LogP contribution >= 0.6 is 0 Å². The normalized spacial score (nSPS) is 14.0. The first-order valence-electron chi connectivity index (χ1n) is 5.86. The van der Waals surface area contributed by atoms with Gasteiger partial charge in [0.15, 0.2) is 6.10 Å². The Kier molecular flexibility index (Phi) is 5.77. The molecule has 5 heteroatoms. The summed E-state index contributed by atoms with van der Waals surface area (Å²) in [6.45, 7) is 2.46. The van der Waals surface area contributed by atoms with Crippen molar-refractivity contribution in [1.82, 2.24) is 5.32 Å². The topological polar surface area (TPSA) is 78.8 Å². The number of carbonyl (C=O) groups is 1. The molecule has 0 amide bonds. The Morgan fingerprint density at radius 1 is 1.44 bits per heavy atom. The number of carbonyl (C=O) groups excluding carboxylic acids is 1. The van der Waals surface area contributed by atoms with Crippen LogP contribution in [0.5, 0.6) is 0 Å². The van der Waals surface area contributed by atoms with E-state index in [2.05, 4.69) is 10.1 Å². The third-order valence-corrected chi connectivity index (χ3v) is 2.50. The minimum Gasteiger partial charge on any atom is -0.464 e. The third kappa shape index (κ3) is 3.80.